The average Bonchev–Trinajstić information content (AvgIpc) is 2.27. The van der Waals surface area contributed by atoms with Crippen LogP contribution < -0.4 is 0 Å². The minimum atomic E-state index is -0.611. The molecule has 0 aromatic rings. The van der Waals surface area contributed by atoms with Crippen molar-refractivity contribution in [3.05, 3.63) is 0 Å². The van der Waals surface area contributed by atoms with Crippen LogP contribution in [0.1, 0.15) is 39.5 Å². The molecule has 1 fully saturated rings. The Morgan fingerprint density at radius 2 is 2.00 bits per heavy atom. The monoisotopic (exact) mass is 214 g/mol. The number of carbonyl (C=O) groups is 1. The van der Waals surface area contributed by atoms with Crippen molar-refractivity contribution < 1.29 is 14.6 Å². The summed E-state index contributed by atoms with van der Waals surface area (Å²) in [6, 6.07) is 0. The van der Waals surface area contributed by atoms with Crippen molar-refractivity contribution in [1.29, 1.82) is 0 Å². The Morgan fingerprint density at radius 3 is 2.33 bits per heavy atom. The van der Waals surface area contributed by atoms with E-state index < -0.39 is 5.41 Å². The lowest BCUT2D eigenvalue weighted by Crippen LogP contribution is -2.40. The Labute approximate surface area is 91.8 Å². The first kappa shape index (κ1) is 12.5. The van der Waals surface area contributed by atoms with Gasteiger partial charge in [-0.05, 0) is 37.5 Å². The molecule has 3 nitrogen and oxygen atoms in total. The predicted molar refractivity (Wildman–Crippen MR) is 58.3 cm³/mol. The Balaban J connectivity index is 2.62. The molecule has 0 spiro atoms. The number of esters is 1. The van der Waals surface area contributed by atoms with Crippen LogP contribution in [0.15, 0.2) is 0 Å². The molecule has 0 bridgehead atoms. The van der Waals surface area contributed by atoms with Gasteiger partial charge in [0.25, 0.3) is 0 Å². The van der Waals surface area contributed by atoms with E-state index in [1.54, 1.807) is 0 Å². The Morgan fingerprint density at radius 1 is 1.47 bits per heavy atom. The fraction of sp³-hybridized carbons (Fsp3) is 0.917. The van der Waals surface area contributed by atoms with E-state index in [9.17, 15) is 9.90 Å². The molecule has 0 atom stereocenters. The second-order valence-electron chi connectivity index (χ2n) is 5.01. The maximum absolute atomic E-state index is 11.6. The fourth-order valence-electron chi connectivity index (χ4n) is 2.50. The number of carbonyl (C=O) groups excluding carboxylic acids is 1. The van der Waals surface area contributed by atoms with Crippen LogP contribution in [-0.2, 0) is 9.53 Å². The molecule has 0 aromatic heterocycles. The highest BCUT2D eigenvalue weighted by Gasteiger charge is 2.42. The van der Waals surface area contributed by atoms with Crippen molar-refractivity contribution in [2.24, 2.45) is 17.3 Å². The van der Waals surface area contributed by atoms with E-state index in [-0.39, 0.29) is 12.6 Å². The lowest BCUT2D eigenvalue weighted by molar-refractivity contribution is -0.158. The van der Waals surface area contributed by atoms with Crippen LogP contribution in [-0.4, -0.2) is 24.8 Å². The molecule has 88 valence electrons. The first-order chi connectivity index (χ1) is 7.05. The Hall–Kier alpha value is -0.570. The number of aliphatic hydroxyl groups excluding tert-OH is 1. The normalized spacial score (nSPS) is 31.7. The molecular weight excluding hydrogens is 192 g/mol. The SMILES string of the molecule is COC(=O)C1(CO)CCC(C(C)C)CC1. The Bertz CT molecular complexity index is 215. The molecule has 0 aromatic carbocycles. The molecule has 1 aliphatic carbocycles. The highest BCUT2D eigenvalue weighted by Crippen LogP contribution is 2.41. The molecule has 0 saturated heterocycles. The van der Waals surface area contributed by atoms with Gasteiger partial charge in [0, 0.05) is 0 Å². The Kier molecular flexibility index (Phi) is 4.14. The van der Waals surface area contributed by atoms with E-state index in [1.165, 1.54) is 7.11 Å². The van der Waals surface area contributed by atoms with Crippen molar-refractivity contribution in [2.75, 3.05) is 13.7 Å². The minimum absolute atomic E-state index is 0.0789. The van der Waals surface area contributed by atoms with Crippen molar-refractivity contribution >= 4 is 5.97 Å². The zero-order chi connectivity index (χ0) is 11.5. The van der Waals surface area contributed by atoms with Crippen molar-refractivity contribution in [2.45, 2.75) is 39.5 Å². The lowest BCUT2D eigenvalue weighted by Gasteiger charge is -2.37. The summed E-state index contributed by atoms with van der Waals surface area (Å²) in [5, 5.41) is 9.37. The minimum Gasteiger partial charge on any atom is -0.469 e. The fourth-order valence-corrected chi connectivity index (χ4v) is 2.50. The third-order valence-electron chi connectivity index (χ3n) is 3.85. The molecule has 1 rings (SSSR count). The van der Waals surface area contributed by atoms with Crippen LogP contribution in [0.25, 0.3) is 0 Å². The summed E-state index contributed by atoms with van der Waals surface area (Å²) in [4.78, 5) is 11.6. The first-order valence-electron chi connectivity index (χ1n) is 5.75. The maximum atomic E-state index is 11.6. The summed E-state index contributed by atoms with van der Waals surface area (Å²) in [6.45, 7) is 4.36. The molecule has 1 aliphatic rings. The summed E-state index contributed by atoms with van der Waals surface area (Å²) < 4.78 is 4.78. The molecule has 0 amide bonds. The quantitative estimate of drug-likeness (QED) is 0.731. The summed E-state index contributed by atoms with van der Waals surface area (Å²) in [5.41, 5.74) is -0.611. The first-order valence-corrected chi connectivity index (χ1v) is 5.75. The van der Waals surface area contributed by atoms with Crippen molar-refractivity contribution in [1.82, 2.24) is 0 Å². The summed E-state index contributed by atoms with van der Waals surface area (Å²) in [5.74, 6) is 1.11. The highest BCUT2D eigenvalue weighted by atomic mass is 16.5. The van der Waals surface area contributed by atoms with E-state index in [4.69, 9.17) is 4.74 Å². The molecule has 0 heterocycles. The summed E-state index contributed by atoms with van der Waals surface area (Å²) >= 11 is 0. The lowest BCUT2D eigenvalue weighted by atomic mass is 9.68. The molecule has 15 heavy (non-hydrogen) atoms. The van der Waals surface area contributed by atoms with Gasteiger partial charge < -0.3 is 9.84 Å². The largest absolute Gasteiger partial charge is 0.469 e. The molecule has 3 heteroatoms. The predicted octanol–water partition coefficient (Wildman–Crippen LogP) is 1.98. The van der Waals surface area contributed by atoms with Gasteiger partial charge in [0.15, 0.2) is 0 Å². The molecule has 0 unspecified atom stereocenters. The van der Waals surface area contributed by atoms with Gasteiger partial charge in [0.2, 0.25) is 0 Å². The van der Waals surface area contributed by atoms with Crippen LogP contribution in [0.4, 0.5) is 0 Å². The van der Waals surface area contributed by atoms with E-state index >= 15 is 0 Å². The number of aliphatic hydroxyl groups is 1. The zero-order valence-corrected chi connectivity index (χ0v) is 9.95. The van der Waals surface area contributed by atoms with Gasteiger partial charge >= 0.3 is 5.97 Å². The van der Waals surface area contributed by atoms with Gasteiger partial charge in [-0.15, -0.1) is 0 Å². The van der Waals surface area contributed by atoms with E-state index in [0.717, 1.165) is 25.7 Å². The molecule has 1 N–H and O–H groups in total. The second kappa shape index (κ2) is 4.97. The van der Waals surface area contributed by atoms with Crippen LogP contribution in [0.3, 0.4) is 0 Å². The molecule has 0 radical (unpaired) electrons. The van der Waals surface area contributed by atoms with Gasteiger partial charge in [-0.1, -0.05) is 13.8 Å². The van der Waals surface area contributed by atoms with Crippen molar-refractivity contribution in [3.63, 3.8) is 0 Å². The molecule has 0 aliphatic heterocycles. The summed E-state index contributed by atoms with van der Waals surface area (Å²) in [7, 11) is 1.40. The third kappa shape index (κ3) is 2.51. The van der Waals surface area contributed by atoms with Crippen LogP contribution in [0.5, 0.6) is 0 Å². The highest BCUT2D eigenvalue weighted by molar-refractivity contribution is 5.77. The smallest absolute Gasteiger partial charge is 0.314 e. The van der Waals surface area contributed by atoms with E-state index in [2.05, 4.69) is 13.8 Å². The van der Waals surface area contributed by atoms with Crippen LogP contribution >= 0.6 is 0 Å². The number of hydrogen-bond donors (Lipinski definition) is 1. The second-order valence-corrected chi connectivity index (χ2v) is 5.01. The number of hydrogen-bond acceptors (Lipinski definition) is 3. The third-order valence-corrected chi connectivity index (χ3v) is 3.85. The number of rotatable bonds is 3. The van der Waals surface area contributed by atoms with Crippen LogP contribution in [0, 0.1) is 17.3 Å². The molecule has 1 saturated carbocycles. The van der Waals surface area contributed by atoms with E-state index in [1.807, 2.05) is 0 Å². The van der Waals surface area contributed by atoms with Gasteiger partial charge in [-0.2, -0.15) is 0 Å². The van der Waals surface area contributed by atoms with Gasteiger partial charge in [-0.3, -0.25) is 4.79 Å². The van der Waals surface area contributed by atoms with Gasteiger partial charge in [0.05, 0.1) is 19.1 Å². The van der Waals surface area contributed by atoms with Crippen LogP contribution in [0.2, 0.25) is 0 Å². The maximum Gasteiger partial charge on any atom is 0.314 e. The standard InChI is InChI=1S/C12H22O3/c1-9(2)10-4-6-12(8-13,7-5-10)11(14)15-3/h9-10,13H,4-8H2,1-3H3. The van der Waals surface area contributed by atoms with E-state index in [0.29, 0.717) is 11.8 Å². The number of methoxy groups -OCH3 is 1. The number of ether oxygens (including phenoxy) is 1. The topological polar surface area (TPSA) is 46.5 Å². The average molecular weight is 214 g/mol. The summed E-state index contributed by atoms with van der Waals surface area (Å²) in [6.07, 6.45) is 3.57. The van der Waals surface area contributed by atoms with Gasteiger partial charge in [0.1, 0.15) is 0 Å². The molecular formula is C12H22O3. The van der Waals surface area contributed by atoms with Gasteiger partial charge in [-0.25, -0.2) is 0 Å². The zero-order valence-electron chi connectivity index (χ0n) is 9.95. The van der Waals surface area contributed by atoms with Crippen molar-refractivity contribution in [3.8, 4) is 0 Å².